The van der Waals surface area contributed by atoms with Gasteiger partial charge in [-0.15, -0.1) is 0 Å². The molecule has 0 heterocycles. The SMILES string of the molecule is Cc1ccc(C)c(C(=O)OCC(=O)Nc2ccc(Cl)cc2C(F)(F)F)c1. The van der Waals surface area contributed by atoms with E-state index in [2.05, 4.69) is 5.32 Å². The van der Waals surface area contributed by atoms with Gasteiger partial charge in [-0.05, 0) is 43.7 Å². The van der Waals surface area contributed by atoms with Gasteiger partial charge in [0.1, 0.15) is 0 Å². The molecule has 0 saturated carbocycles. The standard InChI is InChI=1S/C18H15ClF3NO3/c1-10-3-4-11(2)13(7-10)17(25)26-9-16(24)23-15-6-5-12(19)8-14(15)18(20,21)22/h3-8H,9H2,1-2H3,(H,23,24). The van der Waals surface area contributed by atoms with Gasteiger partial charge in [-0.1, -0.05) is 29.3 Å². The zero-order valence-electron chi connectivity index (χ0n) is 13.9. The van der Waals surface area contributed by atoms with Crippen molar-refractivity contribution in [1.82, 2.24) is 0 Å². The smallest absolute Gasteiger partial charge is 0.418 e. The molecule has 1 amide bonds. The molecule has 138 valence electrons. The largest absolute Gasteiger partial charge is 0.452 e. The van der Waals surface area contributed by atoms with E-state index >= 15 is 0 Å². The van der Waals surface area contributed by atoms with Crippen molar-refractivity contribution in [3.8, 4) is 0 Å². The number of benzene rings is 2. The van der Waals surface area contributed by atoms with Gasteiger partial charge in [0.05, 0.1) is 16.8 Å². The van der Waals surface area contributed by atoms with Gasteiger partial charge < -0.3 is 10.1 Å². The third kappa shape index (κ3) is 4.98. The van der Waals surface area contributed by atoms with Gasteiger partial charge in [0, 0.05) is 5.02 Å². The zero-order chi connectivity index (χ0) is 19.5. The summed E-state index contributed by atoms with van der Waals surface area (Å²) in [6.07, 6.45) is -4.69. The molecule has 26 heavy (non-hydrogen) atoms. The number of aryl methyl sites for hydroxylation is 2. The number of rotatable bonds is 4. The van der Waals surface area contributed by atoms with Gasteiger partial charge >= 0.3 is 12.1 Å². The van der Waals surface area contributed by atoms with E-state index in [0.29, 0.717) is 17.2 Å². The number of halogens is 4. The van der Waals surface area contributed by atoms with Crippen LogP contribution in [0.25, 0.3) is 0 Å². The zero-order valence-corrected chi connectivity index (χ0v) is 14.7. The summed E-state index contributed by atoms with van der Waals surface area (Å²) >= 11 is 5.58. The van der Waals surface area contributed by atoms with Crippen LogP contribution >= 0.6 is 11.6 Å². The van der Waals surface area contributed by atoms with Crippen LogP contribution < -0.4 is 5.32 Å². The molecule has 0 radical (unpaired) electrons. The normalized spacial score (nSPS) is 11.2. The maximum absolute atomic E-state index is 13.0. The minimum atomic E-state index is -4.69. The van der Waals surface area contributed by atoms with Gasteiger partial charge in [-0.25, -0.2) is 4.79 Å². The summed E-state index contributed by atoms with van der Waals surface area (Å²) in [5, 5.41) is 1.97. The lowest BCUT2D eigenvalue weighted by Gasteiger charge is -2.14. The predicted molar refractivity (Wildman–Crippen MR) is 91.3 cm³/mol. The van der Waals surface area contributed by atoms with Crippen molar-refractivity contribution in [1.29, 1.82) is 0 Å². The van der Waals surface area contributed by atoms with Gasteiger partial charge in [-0.2, -0.15) is 13.2 Å². The number of nitrogens with one attached hydrogen (secondary N) is 1. The van der Waals surface area contributed by atoms with Crippen molar-refractivity contribution in [2.45, 2.75) is 20.0 Å². The van der Waals surface area contributed by atoms with E-state index in [-0.39, 0.29) is 5.02 Å². The quantitative estimate of drug-likeness (QED) is 0.771. The van der Waals surface area contributed by atoms with E-state index in [9.17, 15) is 22.8 Å². The van der Waals surface area contributed by atoms with E-state index < -0.39 is 35.9 Å². The topological polar surface area (TPSA) is 55.4 Å². The Hall–Kier alpha value is -2.54. The second-order valence-electron chi connectivity index (χ2n) is 5.63. The van der Waals surface area contributed by atoms with Crippen LogP contribution in [-0.2, 0) is 15.7 Å². The molecule has 8 heteroatoms. The van der Waals surface area contributed by atoms with E-state index in [1.807, 2.05) is 6.07 Å². The molecule has 0 saturated heterocycles. The number of alkyl halides is 3. The lowest BCUT2D eigenvalue weighted by molar-refractivity contribution is -0.137. The van der Waals surface area contributed by atoms with Crippen molar-refractivity contribution in [3.05, 3.63) is 63.7 Å². The molecule has 0 aliphatic carbocycles. The highest BCUT2D eigenvalue weighted by molar-refractivity contribution is 6.30. The van der Waals surface area contributed by atoms with Gasteiger partial charge in [0.15, 0.2) is 6.61 Å². The maximum atomic E-state index is 13.0. The first kappa shape index (κ1) is 19.8. The Kier molecular flexibility index (Phi) is 5.92. The Balaban J connectivity index is 2.06. The fourth-order valence-corrected chi connectivity index (χ4v) is 2.38. The van der Waals surface area contributed by atoms with Crippen molar-refractivity contribution >= 4 is 29.2 Å². The first-order valence-corrected chi connectivity index (χ1v) is 7.86. The third-order valence-corrected chi connectivity index (χ3v) is 3.74. The van der Waals surface area contributed by atoms with E-state index in [1.165, 1.54) is 6.07 Å². The molecule has 2 aromatic carbocycles. The average Bonchev–Trinajstić information content (AvgIpc) is 2.55. The number of anilines is 1. The summed E-state index contributed by atoms with van der Waals surface area (Å²) in [7, 11) is 0. The minimum Gasteiger partial charge on any atom is -0.452 e. The minimum absolute atomic E-state index is 0.114. The van der Waals surface area contributed by atoms with Crippen molar-refractivity contribution in [2.24, 2.45) is 0 Å². The summed E-state index contributed by atoms with van der Waals surface area (Å²) in [5.74, 6) is -1.62. The van der Waals surface area contributed by atoms with Crippen molar-refractivity contribution in [2.75, 3.05) is 11.9 Å². The number of hydrogen-bond acceptors (Lipinski definition) is 3. The van der Waals surface area contributed by atoms with E-state index in [0.717, 1.165) is 11.6 Å². The van der Waals surface area contributed by atoms with Crippen molar-refractivity contribution < 1.29 is 27.5 Å². The van der Waals surface area contributed by atoms with Crippen molar-refractivity contribution in [3.63, 3.8) is 0 Å². The second-order valence-corrected chi connectivity index (χ2v) is 6.07. The second kappa shape index (κ2) is 7.78. The molecular formula is C18H15ClF3NO3. The molecule has 0 spiro atoms. The van der Waals surface area contributed by atoms with Gasteiger partial charge in [0.25, 0.3) is 5.91 Å². The number of amides is 1. The Bertz CT molecular complexity index is 850. The van der Waals surface area contributed by atoms with Gasteiger partial charge in [0.2, 0.25) is 0 Å². The van der Waals surface area contributed by atoms with Gasteiger partial charge in [-0.3, -0.25) is 4.79 Å². The molecular weight excluding hydrogens is 371 g/mol. The Labute approximate surface area is 152 Å². The molecule has 4 nitrogen and oxygen atoms in total. The first-order valence-electron chi connectivity index (χ1n) is 7.49. The van der Waals surface area contributed by atoms with Crippen LogP contribution in [-0.4, -0.2) is 18.5 Å². The number of ether oxygens (including phenoxy) is 1. The van der Waals surface area contributed by atoms with E-state index in [4.69, 9.17) is 16.3 Å². The summed E-state index contributed by atoms with van der Waals surface area (Å²) in [6, 6.07) is 8.12. The lowest BCUT2D eigenvalue weighted by atomic mass is 10.1. The molecule has 2 rings (SSSR count). The molecule has 0 bridgehead atoms. The van der Waals surface area contributed by atoms with Crippen LogP contribution in [0.1, 0.15) is 27.0 Å². The number of carbonyl (C=O) groups excluding carboxylic acids is 2. The first-order chi connectivity index (χ1) is 12.1. The highest BCUT2D eigenvalue weighted by Gasteiger charge is 2.34. The number of hydrogen-bond donors (Lipinski definition) is 1. The molecule has 0 fully saturated rings. The van der Waals surface area contributed by atoms with E-state index in [1.54, 1.807) is 26.0 Å². The number of esters is 1. The number of carbonyl (C=O) groups is 2. The van der Waals surface area contributed by atoms with Crippen LogP contribution in [0.15, 0.2) is 36.4 Å². The molecule has 2 aromatic rings. The molecule has 0 atom stereocenters. The highest BCUT2D eigenvalue weighted by atomic mass is 35.5. The summed E-state index contributed by atoms with van der Waals surface area (Å²) in [4.78, 5) is 23.9. The molecule has 0 aliphatic heterocycles. The van der Waals surface area contributed by atoms with Crippen LogP contribution in [0.3, 0.4) is 0 Å². The van der Waals surface area contributed by atoms with Crippen LogP contribution in [0.5, 0.6) is 0 Å². The molecule has 0 aliphatic rings. The fourth-order valence-electron chi connectivity index (χ4n) is 2.21. The molecule has 1 N–H and O–H groups in total. The summed E-state index contributed by atoms with van der Waals surface area (Å²) in [6.45, 7) is 2.79. The lowest BCUT2D eigenvalue weighted by Crippen LogP contribution is -2.23. The predicted octanol–water partition coefficient (Wildman–Crippen LogP) is 4.77. The average molecular weight is 386 g/mol. The highest BCUT2D eigenvalue weighted by Crippen LogP contribution is 2.36. The third-order valence-electron chi connectivity index (χ3n) is 3.51. The van der Waals surface area contributed by atoms with Crippen LogP contribution in [0.4, 0.5) is 18.9 Å². The molecule has 0 unspecified atom stereocenters. The molecule has 0 aromatic heterocycles. The van der Waals surface area contributed by atoms with Crippen LogP contribution in [0, 0.1) is 13.8 Å². The maximum Gasteiger partial charge on any atom is 0.418 e. The Morgan fingerprint density at radius 3 is 2.46 bits per heavy atom. The Morgan fingerprint density at radius 1 is 1.12 bits per heavy atom. The fraction of sp³-hybridized carbons (Fsp3) is 0.222. The van der Waals surface area contributed by atoms with Crippen LogP contribution in [0.2, 0.25) is 5.02 Å². The monoisotopic (exact) mass is 385 g/mol. The Morgan fingerprint density at radius 2 is 1.81 bits per heavy atom. The summed E-state index contributed by atoms with van der Waals surface area (Å²) in [5.41, 5.74) is 0.246. The summed E-state index contributed by atoms with van der Waals surface area (Å²) < 4.78 is 43.9.